The zero-order valence-corrected chi connectivity index (χ0v) is 15.5. The molecular weight excluding hydrogens is 292 g/mol. The summed E-state index contributed by atoms with van der Waals surface area (Å²) in [5.74, 6) is 0.932. The normalized spacial score (nSPS) is 12.6. The maximum Gasteiger partial charge on any atom is 0.333 e. The summed E-state index contributed by atoms with van der Waals surface area (Å²) in [6, 6.07) is 0. The Bertz CT molecular complexity index is 551. The van der Waals surface area contributed by atoms with Crippen LogP contribution in [-0.4, -0.2) is 28.0 Å². The van der Waals surface area contributed by atoms with Gasteiger partial charge in [-0.15, -0.1) is 0 Å². The number of carbonyl (C=O) groups excluding carboxylic acids is 1. The Labute approximate surface area is 139 Å². The predicted octanol–water partition coefficient (Wildman–Crippen LogP) is 3.77. The number of aromatic nitrogens is 2. The molecule has 23 heavy (non-hydrogen) atoms. The summed E-state index contributed by atoms with van der Waals surface area (Å²) in [5.41, 5.74) is 1.16. The van der Waals surface area contributed by atoms with Crippen molar-refractivity contribution in [2.45, 2.75) is 67.0 Å². The van der Waals surface area contributed by atoms with Gasteiger partial charge in [0.25, 0.3) is 0 Å². The van der Waals surface area contributed by atoms with Gasteiger partial charge in [-0.25, -0.2) is 9.48 Å². The van der Waals surface area contributed by atoms with E-state index >= 15 is 0 Å². The molecule has 0 atom stereocenters. The van der Waals surface area contributed by atoms with Crippen LogP contribution in [0.1, 0.15) is 54.0 Å². The Morgan fingerprint density at radius 1 is 1.39 bits per heavy atom. The quantitative estimate of drug-likeness (QED) is 0.566. The maximum absolute atomic E-state index is 12.0. The minimum absolute atomic E-state index is 0.301. The lowest BCUT2D eigenvalue weighted by molar-refractivity contribution is -0.149. The van der Waals surface area contributed by atoms with E-state index in [0.717, 1.165) is 17.9 Å². The largest absolute Gasteiger partial charge is 0.477 e. The minimum atomic E-state index is -0.487. The highest BCUT2D eigenvalue weighted by Crippen LogP contribution is 2.20. The zero-order valence-electron chi connectivity index (χ0n) is 15.5. The number of hydrogen-bond acceptors (Lipinski definition) is 4. The Balaban J connectivity index is 2.82. The number of hydrogen-bond donors (Lipinski definition) is 0. The van der Waals surface area contributed by atoms with E-state index in [9.17, 15) is 4.79 Å². The van der Waals surface area contributed by atoms with Crippen LogP contribution in [0.4, 0.5) is 0 Å². The maximum atomic E-state index is 12.0. The van der Waals surface area contributed by atoms with Crippen LogP contribution in [0.2, 0.25) is 0 Å². The molecule has 130 valence electrons. The van der Waals surface area contributed by atoms with E-state index in [0.29, 0.717) is 24.6 Å². The fourth-order valence-electron chi connectivity index (χ4n) is 1.86. The number of allylic oxidation sites excluding steroid dienone is 1. The SMILES string of the molecule is CCc1cnn(C/C=C(\C)C(=O)OC(C)(C)C)c1OCC(C)C. The molecule has 0 aliphatic rings. The average molecular weight is 322 g/mol. The Hall–Kier alpha value is -1.78. The van der Waals surface area contributed by atoms with Gasteiger partial charge in [0, 0.05) is 11.1 Å². The smallest absolute Gasteiger partial charge is 0.333 e. The van der Waals surface area contributed by atoms with Crippen LogP contribution in [0.15, 0.2) is 17.8 Å². The number of nitrogens with zero attached hydrogens (tertiary/aromatic N) is 2. The van der Waals surface area contributed by atoms with Crippen molar-refractivity contribution < 1.29 is 14.3 Å². The molecule has 0 aliphatic heterocycles. The third-order valence-electron chi connectivity index (χ3n) is 3.09. The van der Waals surface area contributed by atoms with Gasteiger partial charge in [-0.05, 0) is 40.0 Å². The second-order valence-corrected chi connectivity index (χ2v) is 7.10. The highest BCUT2D eigenvalue weighted by Gasteiger charge is 2.17. The highest BCUT2D eigenvalue weighted by molar-refractivity contribution is 5.87. The molecule has 0 fully saturated rings. The van der Waals surface area contributed by atoms with Gasteiger partial charge in [-0.3, -0.25) is 0 Å². The van der Waals surface area contributed by atoms with Crippen molar-refractivity contribution in [1.29, 1.82) is 0 Å². The van der Waals surface area contributed by atoms with E-state index in [1.807, 2.05) is 33.0 Å². The van der Waals surface area contributed by atoms with Crippen LogP contribution in [0.25, 0.3) is 0 Å². The molecule has 0 amide bonds. The number of aryl methyl sites for hydroxylation is 1. The molecule has 0 aromatic carbocycles. The summed E-state index contributed by atoms with van der Waals surface area (Å²) in [5, 5.41) is 4.37. The lowest BCUT2D eigenvalue weighted by Gasteiger charge is -2.19. The van der Waals surface area contributed by atoms with Crippen molar-refractivity contribution in [2.24, 2.45) is 5.92 Å². The molecule has 0 N–H and O–H groups in total. The van der Waals surface area contributed by atoms with Crippen molar-refractivity contribution in [1.82, 2.24) is 9.78 Å². The van der Waals surface area contributed by atoms with Crippen molar-refractivity contribution in [2.75, 3.05) is 6.61 Å². The van der Waals surface area contributed by atoms with Crippen LogP contribution in [0, 0.1) is 5.92 Å². The molecule has 1 aromatic heterocycles. The Morgan fingerprint density at radius 2 is 2.04 bits per heavy atom. The molecule has 5 nitrogen and oxygen atoms in total. The van der Waals surface area contributed by atoms with Crippen LogP contribution in [-0.2, 0) is 22.5 Å². The summed E-state index contributed by atoms with van der Waals surface area (Å²) in [6.45, 7) is 14.8. The van der Waals surface area contributed by atoms with Crippen LogP contribution in [0.3, 0.4) is 0 Å². The Kier molecular flexibility index (Phi) is 6.85. The van der Waals surface area contributed by atoms with Crippen molar-refractivity contribution in [3.8, 4) is 5.88 Å². The first-order valence-electron chi connectivity index (χ1n) is 8.21. The molecule has 0 saturated carbocycles. The first-order valence-corrected chi connectivity index (χ1v) is 8.21. The van der Waals surface area contributed by atoms with E-state index in [2.05, 4.69) is 25.9 Å². The summed E-state index contributed by atoms with van der Waals surface area (Å²) in [7, 11) is 0. The second-order valence-electron chi connectivity index (χ2n) is 7.10. The van der Waals surface area contributed by atoms with Crippen LogP contribution >= 0.6 is 0 Å². The zero-order chi connectivity index (χ0) is 17.6. The predicted molar refractivity (Wildman–Crippen MR) is 91.5 cm³/mol. The second kappa shape index (κ2) is 8.18. The van der Waals surface area contributed by atoms with E-state index in [1.54, 1.807) is 11.6 Å². The molecule has 1 heterocycles. The number of carbonyl (C=O) groups is 1. The molecule has 0 spiro atoms. The lowest BCUT2D eigenvalue weighted by atomic mass is 10.2. The van der Waals surface area contributed by atoms with Crippen molar-refractivity contribution >= 4 is 5.97 Å². The summed E-state index contributed by atoms with van der Waals surface area (Å²) < 4.78 is 13.0. The third kappa shape index (κ3) is 6.47. The molecule has 0 saturated heterocycles. The first-order chi connectivity index (χ1) is 10.6. The van der Waals surface area contributed by atoms with Crippen LogP contribution < -0.4 is 4.74 Å². The molecule has 0 radical (unpaired) electrons. The molecule has 1 rings (SSSR count). The fourth-order valence-corrected chi connectivity index (χ4v) is 1.86. The van der Waals surface area contributed by atoms with E-state index in [4.69, 9.17) is 9.47 Å². The molecule has 0 unspecified atom stereocenters. The summed E-state index contributed by atoms with van der Waals surface area (Å²) in [4.78, 5) is 12.0. The average Bonchev–Trinajstić information content (AvgIpc) is 2.82. The highest BCUT2D eigenvalue weighted by atomic mass is 16.6. The number of esters is 1. The topological polar surface area (TPSA) is 53.4 Å². The van der Waals surface area contributed by atoms with Gasteiger partial charge < -0.3 is 9.47 Å². The summed E-state index contributed by atoms with van der Waals surface area (Å²) >= 11 is 0. The molecule has 0 bridgehead atoms. The molecule has 5 heteroatoms. The van der Waals surface area contributed by atoms with E-state index in [1.165, 1.54) is 0 Å². The first kappa shape index (κ1) is 19.3. The molecule has 0 aliphatic carbocycles. The molecular formula is C18H30N2O3. The number of rotatable bonds is 7. The standard InChI is InChI=1S/C18H30N2O3/c1-8-15-11-19-20(16(15)22-12-13(2)3)10-9-14(4)17(21)23-18(5,6)7/h9,11,13H,8,10,12H2,1-7H3/b14-9+. The van der Waals surface area contributed by atoms with Crippen molar-refractivity contribution in [3.63, 3.8) is 0 Å². The Morgan fingerprint density at radius 3 is 2.57 bits per heavy atom. The van der Waals surface area contributed by atoms with Crippen molar-refractivity contribution in [3.05, 3.63) is 23.4 Å². The van der Waals surface area contributed by atoms with Gasteiger partial charge in [0.2, 0.25) is 5.88 Å². The van der Waals surface area contributed by atoms with Gasteiger partial charge in [0.1, 0.15) is 5.60 Å². The fraction of sp³-hybridized carbons (Fsp3) is 0.667. The minimum Gasteiger partial charge on any atom is -0.477 e. The monoisotopic (exact) mass is 322 g/mol. The van der Waals surface area contributed by atoms with Gasteiger partial charge in [0.15, 0.2) is 0 Å². The van der Waals surface area contributed by atoms with E-state index < -0.39 is 5.60 Å². The molecule has 1 aromatic rings. The van der Waals surface area contributed by atoms with Gasteiger partial charge in [-0.1, -0.05) is 26.8 Å². The van der Waals surface area contributed by atoms with Gasteiger partial charge in [-0.2, -0.15) is 5.10 Å². The van der Waals surface area contributed by atoms with Crippen LogP contribution in [0.5, 0.6) is 5.88 Å². The van der Waals surface area contributed by atoms with Gasteiger partial charge in [0.05, 0.1) is 19.3 Å². The third-order valence-corrected chi connectivity index (χ3v) is 3.09. The van der Waals surface area contributed by atoms with E-state index in [-0.39, 0.29) is 5.97 Å². The lowest BCUT2D eigenvalue weighted by Crippen LogP contribution is -2.24. The number of ether oxygens (including phenoxy) is 2. The summed E-state index contributed by atoms with van der Waals surface area (Å²) in [6.07, 6.45) is 4.51. The van der Waals surface area contributed by atoms with Gasteiger partial charge >= 0.3 is 5.97 Å².